The van der Waals surface area contributed by atoms with Gasteiger partial charge in [-0.3, -0.25) is 4.79 Å². The van der Waals surface area contributed by atoms with Gasteiger partial charge in [0.05, 0.1) is 11.4 Å². The lowest BCUT2D eigenvalue weighted by atomic mass is 10.2. The number of likely N-dealkylation sites (N-methyl/N-ethyl adjacent to an activating group) is 1. The molecule has 33 heavy (non-hydrogen) atoms. The summed E-state index contributed by atoms with van der Waals surface area (Å²) in [5.74, 6) is 0.353. The van der Waals surface area contributed by atoms with E-state index in [1.54, 1.807) is 5.38 Å². The Morgan fingerprint density at radius 2 is 1.82 bits per heavy atom. The van der Waals surface area contributed by atoms with Crippen LogP contribution in [0.4, 0.5) is 23.1 Å². The zero-order chi connectivity index (χ0) is 23.6. The molecule has 2 aromatic heterocycles. The summed E-state index contributed by atoms with van der Waals surface area (Å²) in [5.41, 5.74) is 1.91. The van der Waals surface area contributed by atoms with E-state index in [0.29, 0.717) is 11.9 Å². The molecule has 0 bridgehead atoms. The van der Waals surface area contributed by atoms with Crippen molar-refractivity contribution in [3.63, 3.8) is 0 Å². The van der Waals surface area contributed by atoms with Crippen molar-refractivity contribution in [1.82, 2.24) is 14.9 Å². The molecule has 1 saturated heterocycles. The zero-order valence-electron chi connectivity index (χ0n) is 19.2. The van der Waals surface area contributed by atoms with Crippen LogP contribution in [0, 0.1) is 6.92 Å². The van der Waals surface area contributed by atoms with Crippen molar-refractivity contribution in [2.45, 2.75) is 50.5 Å². The van der Waals surface area contributed by atoms with Gasteiger partial charge >= 0.3 is 0 Å². The number of hydrogen-bond acceptors (Lipinski definition) is 9. The van der Waals surface area contributed by atoms with Crippen molar-refractivity contribution in [2.24, 2.45) is 0 Å². The van der Waals surface area contributed by atoms with Gasteiger partial charge in [0, 0.05) is 49.9 Å². The highest BCUT2D eigenvalue weighted by Gasteiger charge is 2.27. The van der Waals surface area contributed by atoms with Gasteiger partial charge in [0.15, 0.2) is 5.82 Å². The molecule has 0 atom stereocenters. The van der Waals surface area contributed by atoms with Crippen molar-refractivity contribution in [2.75, 3.05) is 53.5 Å². The molecule has 1 aliphatic carbocycles. The van der Waals surface area contributed by atoms with Crippen LogP contribution in [0.15, 0.2) is 15.7 Å². The van der Waals surface area contributed by atoms with E-state index in [-0.39, 0.29) is 22.4 Å². The smallest absolute Gasteiger partial charge is 0.267 e. The van der Waals surface area contributed by atoms with Gasteiger partial charge in [-0.1, -0.05) is 12.8 Å². The maximum atomic E-state index is 13.1. The number of amides is 1. The molecule has 0 unspecified atom stereocenters. The average Bonchev–Trinajstić information content (AvgIpc) is 3.40. The van der Waals surface area contributed by atoms with Gasteiger partial charge in [-0.15, -0.1) is 11.3 Å². The fraction of sp³-hybridized carbons (Fsp3) is 0.571. The standard InChI is InChI=1S/C21H31N7O3S2/c1-14-19(28-10-8-27(3)9-11-28)20(24-16-6-4-5-7-16)25-21(22-14)26-33(30,31)18-13-32-12-17(18)23-15(2)29/h12-13,16H,4-11H2,1-3H3,(H,23,29)(H2,22,24,25,26). The molecule has 12 heteroatoms. The molecule has 1 aliphatic heterocycles. The highest BCUT2D eigenvalue weighted by molar-refractivity contribution is 7.93. The molecule has 3 heterocycles. The third-order valence-corrected chi connectivity index (χ3v) is 8.29. The summed E-state index contributed by atoms with van der Waals surface area (Å²) in [5, 5.41) is 9.19. The number of aromatic nitrogens is 2. The van der Waals surface area contributed by atoms with Crippen LogP contribution in [-0.4, -0.2) is 68.5 Å². The number of anilines is 4. The number of thiophene rings is 1. The van der Waals surface area contributed by atoms with Crippen LogP contribution in [-0.2, 0) is 14.8 Å². The number of carbonyl (C=O) groups excluding carboxylic acids is 1. The number of sulfonamides is 1. The van der Waals surface area contributed by atoms with E-state index in [9.17, 15) is 13.2 Å². The summed E-state index contributed by atoms with van der Waals surface area (Å²) in [6, 6.07) is 0.318. The van der Waals surface area contributed by atoms with Crippen LogP contribution in [0.2, 0.25) is 0 Å². The van der Waals surface area contributed by atoms with E-state index in [4.69, 9.17) is 0 Å². The summed E-state index contributed by atoms with van der Waals surface area (Å²) in [4.78, 5) is 25.1. The quantitative estimate of drug-likeness (QED) is 0.539. The molecule has 2 aromatic rings. The minimum absolute atomic E-state index is 0.00241. The van der Waals surface area contributed by atoms with Crippen LogP contribution in [0.1, 0.15) is 38.3 Å². The van der Waals surface area contributed by atoms with Crippen molar-refractivity contribution in [1.29, 1.82) is 0 Å². The fourth-order valence-electron chi connectivity index (χ4n) is 4.33. The number of piperazine rings is 1. The van der Waals surface area contributed by atoms with Crippen molar-refractivity contribution < 1.29 is 13.2 Å². The van der Waals surface area contributed by atoms with E-state index in [2.05, 4.69) is 42.2 Å². The van der Waals surface area contributed by atoms with Gasteiger partial charge in [-0.25, -0.2) is 18.1 Å². The second kappa shape index (κ2) is 9.82. The highest BCUT2D eigenvalue weighted by Crippen LogP contribution is 2.33. The Bertz CT molecular complexity index is 1110. The topological polar surface area (TPSA) is 120 Å². The lowest BCUT2D eigenvalue weighted by Crippen LogP contribution is -2.45. The molecule has 180 valence electrons. The minimum atomic E-state index is -3.98. The summed E-state index contributed by atoms with van der Waals surface area (Å²) in [7, 11) is -1.87. The van der Waals surface area contributed by atoms with Crippen LogP contribution < -0.4 is 20.3 Å². The van der Waals surface area contributed by atoms with Crippen molar-refractivity contribution in [3.8, 4) is 0 Å². The molecule has 1 amide bonds. The van der Waals surface area contributed by atoms with E-state index in [1.807, 2.05) is 6.92 Å². The molecule has 4 rings (SSSR count). The highest BCUT2D eigenvalue weighted by atomic mass is 32.2. The number of carbonyl (C=O) groups is 1. The third kappa shape index (κ3) is 5.56. The van der Waals surface area contributed by atoms with Gasteiger partial charge in [0.25, 0.3) is 10.0 Å². The number of aryl methyl sites for hydroxylation is 1. The molecule has 10 nitrogen and oxygen atoms in total. The second-order valence-corrected chi connectivity index (χ2v) is 11.1. The monoisotopic (exact) mass is 493 g/mol. The predicted octanol–water partition coefficient (Wildman–Crippen LogP) is 2.71. The Balaban J connectivity index is 1.65. The number of hydrogen-bond donors (Lipinski definition) is 3. The molecule has 0 spiro atoms. The van der Waals surface area contributed by atoms with Gasteiger partial charge in [-0.2, -0.15) is 4.98 Å². The largest absolute Gasteiger partial charge is 0.365 e. The average molecular weight is 494 g/mol. The number of nitrogens with zero attached hydrogens (tertiary/aromatic N) is 4. The molecule has 3 N–H and O–H groups in total. The fourth-order valence-corrected chi connectivity index (χ4v) is 6.56. The van der Waals surface area contributed by atoms with Gasteiger partial charge in [-0.05, 0) is 26.8 Å². The molecular weight excluding hydrogens is 462 g/mol. The van der Waals surface area contributed by atoms with Crippen molar-refractivity contribution in [3.05, 3.63) is 16.5 Å². The first kappa shape index (κ1) is 23.7. The van der Waals surface area contributed by atoms with Gasteiger partial charge in [0.2, 0.25) is 11.9 Å². The maximum absolute atomic E-state index is 13.1. The minimum Gasteiger partial charge on any atom is -0.365 e. The Labute approximate surface area is 198 Å². The first-order valence-electron chi connectivity index (χ1n) is 11.2. The lowest BCUT2D eigenvalue weighted by Gasteiger charge is -2.35. The molecule has 0 radical (unpaired) electrons. The van der Waals surface area contributed by atoms with Crippen LogP contribution in [0.5, 0.6) is 0 Å². The molecular formula is C21H31N7O3S2. The van der Waals surface area contributed by atoms with Crippen LogP contribution in [0.25, 0.3) is 0 Å². The molecule has 1 saturated carbocycles. The normalized spacial score (nSPS) is 17.8. The number of nitrogens with one attached hydrogen (secondary N) is 3. The summed E-state index contributed by atoms with van der Waals surface area (Å²) in [6.45, 7) is 6.84. The Hall–Kier alpha value is -2.44. The first-order valence-corrected chi connectivity index (χ1v) is 13.6. The first-order chi connectivity index (χ1) is 15.7. The number of rotatable bonds is 7. The summed E-state index contributed by atoms with van der Waals surface area (Å²) >= 11 is 1.20. The molecule has 0 aromatic carbocycles. The maximum Gasteiger partial charge on any atom is 0.267 e. The van der Waals surface area contributed by atoms with Gasteiger partial charge < -0.3 is 20.4 Å². The third-order valence-electron chi connectivity index (χ3n) is 6.03. The van der Waals surface area contributed by atoms with Crippen molar-refractivity contribution >= 4 is 50.4 Å². The summed E-state index contributed by atoms with van der Waals surface area (Å²) < 4.78 is 28.7. The predicted molar refractivity (Wildman–Crippen MR) is 132 cm³/mol. The van der Waals surface area contributed by atoms with Crippen LogP contribution in [0.3, 0.4) is 0 Å². The SMILES string of the molecule is CC(=O)Nc1cscc1S(=O)(=O)Nc1nc(C)c(N2CCN(C)CC2)c(NC2CCCC2)n1. The van der Waals surface area contributed by atoms with Crippen LogP contribution >= 0.6 is 11.3 Å². The van der Waals surface area contributed by atoms with E-state index in [0.717, 1.165) is 50.4 Å². The van der Waals surface area contributed by atoms with Gasteiger partial charge in [0.1, 0.15) is 10.6 Å². The zero-order valence-corrected chi connectivity index (χ0v) is 20.9. The molecule has 2 fully saturated rings. The van der Waals surface area contributed by atoms with E-state index >= 15 is 0 Å². The Morgan fingerprint density at radius 1 is 1.12 bits per heavy atom. The van der Waals surface area contributed by atoms with E-state index in [1.165, 1.54) is 36.5 Å². The summed E-state index contributed by atoms with van der Waals surface area (Å²) in [6.07, 6.45) is 4.49. The second-order valence-electron chi connectivity index (χ2n) is 8.68. The Kier molecular flexibility index (Phi) is 7.05. The molecule has 2 aliphatic rings. The Morgan fingerprint density at radius 3 is 2.48 bits per heavy atom. The van der Waals surface area contributed by atoms with E-state index < -0.39 is 10.0 Å². The lowest BCUT2D eigenvalue weighted by molar-refractivity contribution is -0.114.